The van der Waals surface area contributed by atoms with Crippen LogP contribution in [0.2, 0.25) is 0 Å². The molecule has 1 rings (SSSR count). The van der Waals surface area contributed by atoms with Gasteiger partial charge in [-0.2, -0.15) is 5.10 Å². The molecule has 0 saturated carbocycles. The molecular formula is C15H23FN2O. The first-order chi connectivity index (χ1) is 8.57. The zero-order valence-electron chi connectivity index (χ0n) is 12.7. The first kappa shape index (κ1) is 15.6. The average molecular weight is 266 g/mol. The Hall–Kier alpha value is -1.45. The van der Waals surface area contributed by atoms with Crippen molar-refractivity contribution < 1.29 is 9.13 Å². The quantitative estimate of drug-likeness (QED) is 0.773. The summed E-state index contributed by atoms with van der Waals surface area (Å²) in [6.07, 6.45) is 0. The van der Waals surface area contributed by atoms with Gasteiger partial charge in [-0.3, -0.25) is 0 Å². The van der Waals surface area contributed by atoms with E-state index in [2.05, 4.69) is 16.8 Å². The summed E-state index contributed by atoms with van der Waals surface area (Å²) in [5.74, 6) is 0.358. The van der Waals surface area contributed by atoms with Gasteiger partial charge in [0.1, 0.15) is 17.1 Å². The van der Waals surface area contributed by atoms with Crippen LogP contribution in [0.25, 0.3) is 5.76 Å². The molecule has 19 heavy (non-hydrogen) atoms. The maximum absolute atomic E-state index is 14.4. The Balaban J connectivity index is 3.38. The number of hydrogen-bond donors (Lipinski definition) is 0. The molecule has 0 aromatic carbocycles. The summed E-state index contributed by atoms with van der Waals surface area (Å²) in [6, 6.07) is 1.76. The molecule has 0 aliphatic rings. The van der Waals surface area contributed by atoms with Crippen molar-refractivity contribution in [1.29, 1.82) is 0 Å². The Morgan fingerprint density at radius 2 is 1.84 bits per heavy atom. The molecule has 0 amide bonds. The third-order valence-corrected chi connectivity index (χ3v) is 2.79. The zero-order valence-corrected chi connectivity index (χ0v) is 12.7. The van der Waals surface area contributed by atoms with Gasteiger partial charge in [-0.25, -0.2) is 4.39 Å². The van der Waals surface area contributed by atoms with Gasteiger partial charge in [0.05, 0.1) is 12.3 Å². The topological polar surface area (TPSA) is 35.0 Å². The lowest BCUT2D eigenvalue weighted by molar-refractivity contribution is 0.216. The normalized spacial score (nSPS) is 12.4. The lowest BCUT2D eigenvalue weighted by Crippen LogP contribution is -2.21. The van der Waals surface area contributed by atoms with Crippen molar-refractivity contribution in [3.8, 4) is 0 Å². The Morgan fingerprint density at radius 3 is 2.26 bits per heavy atom. The second-order valence-corrected chi connectivity index (χ2v) is 6.07. The third kappa shape index (κ3) is 3.75. The van der Waals surface area contributed by atoms with Gasteiger partial charge >= 0.3 is 0 Å². The standard InChI is InChI=1S/C15H23FN2O/c1-8-19-10(2)13-11(15(6,7)16)9-12(17-18-13)14(3,4)5/h9H,2,8H2,1,3-7H3. The monoisotopic (exact) mass is 266 g/mol. The molecule has 0 saturated heterocycles. The Kier molecular flexibility index (Phi) is 4.33. The van der Waals surface area contributed by atoms with Gasteiger partial charge in [0.2, 0.25) is 0 Å². The van der Waals surface area contributed by atoms with E-state index in [1.165, 1.54) is 13.8 Å². The molecule has 0 N–H and O–H groups in total. The van der Waals surface area contributed by atoms with Crippen molar-refractivity contribution in [3.05, 3.63) is 29.6 Å². The van der Waals surface area contributed by atoms with E-state index in [1.54, 1.807) is 6.07 Å². The van der Waals surface area contributed by atoms with Crippen LogP contribution in [0, 0.1) is 0 Å². The van der Waals surface area contributed by atoms with E-state index in [0.29, 0.717) is 23.6 Å². The molecule has 0 aliphatic carbocycles. The molecule has 0 fully saturated rings. The second-order valence-electron chi connectivity index (χ2n) is 6.07. The van der Waals surface area contributed by atoms with Crippen molar-refractivity contribution in [2.24, 2.45) is 0 Å². The molecule has 0 aliphatic heterocycles. The molecule has 1 aromatic heterocycles. The van der Waals surface area contributed by atoms with E-state index in [9.17, 15) is 4.39 Å². The average Bonchev–Trinajstić information content (AvgIpc) is 2.26. The minimum Gasteiger partial charge on any atom is -0.492 e. The van der Waals surface area contributed by atoms with E-state index in [4.69, 9.17) is 4.74 Å². The van der Waals surface area contributed by atoms with Gasteiger partial charge < -0.3 is 4.74 Å². The molecule has 1 heterocycles. The zero-order chi connectivity index (χ0) is 14.8. The summed E-state index contributed by atoms with van der Waals surface area (Å²) in [7, 11) is 0. The van der Waals surface area contributed by atoms with Crippen LogP contribution in [-0.4, -0.2) is 16.8 Å². The van der Waals surface area contributed by atoms with Crippen molar-refractivity contribution in [2.75, 3.05) is 6.61 Å². The molecule has 0 spiro atoms. The van der Waals surface area contributed by atoms with Crippen LogP contribution in [0.4, 0.5) is 4.39 Å². The van der Waals surface area contributed by atoms with Crippen molar-refractivity contribution in [1.82, 2.24) is 10.2 Å². The number of nitrogens with zero attached hydrogens (tertiary/aromatic N) is 2. The van der Waals surface area contributed by atoms with Gasteiger partial charge in [-0.15, -0.1) is 5.10 Å². The largest absolute Gasteiger partial charge is 0.492 e. The van der Waals surface area contributed by atoms with E-state index >= 15 is 0 Å². The van der Waals surface area contributed by atoms with E-state index in [1.807, 2.05) is 27.7 Å². The highest BCUT2D eigenvalue weighted by Gasteiger charge is 2.28. The molecule has 106 valence electrons. The van der Waals surface area contributed by atoms with Crippen LogP contribution >= 0.6 is 0 Å². The van der Waals surface area contributed by atoms with Gasteiger partial charge in [-0.05, 0) is 26.8 Å². The highest BCUT2D eigenvalue weighted by atomic mass is 19.1. The van der Waals surface area contributed by atoms with Crippen LogP contribution in [-0.2, 0) is 15.8 Å². The van der Waals surface area contributed by atoms with E-state index in [0.717, 1.165) is 5.69 Å². The van der Waals surface area contributed by atoms with Crippen LogP contribution in [0.5, 0.6) is 0 Å². The Morgan fingerprint density at radius 1 is 1.26 bits per heavy atom. The van der Waals surface area contributed by atoms with Gasteiger partial charge in [-0.1, -0.05) is 27.4 Å². The summed E-state index contributed by atoms with van der Waals surface area (Å²) in [5.41, 5.74) is -0.0986. The molecule has 0 bridgehead atoms. The predicted octanol–water partition coefficient (Wildman–Crippen LogP) is 3.99. The lowest BCUT2D eigenvalue weighted by Gasteiger charge is -2.23. The van der Waals surface area contributed by atoms with Gasteiger partial charge in [0.25, 0.3) is 0 Å². The van der Waals surface area contributed by atoms with Crippen LogP contribution in [0.15, 0.2) is 12.6 Å². The number of ether oxygens (including phenoxy) is 1. The minimum absolute atomic E-state index is 0.182. The maximum Gasteiger partial charge on any atom is 0.140 e. The van der Waals surface area contributed by atoms with Gasteiger partial charge in [0.15, 0.2) is 0 Å². The first-order valence-corrected chi connectivity index (χ1v) is 6.47. The van der Waals surface area contributed by atoms with E-state index < -0.39 is 5.67 Å². The molecule has 0 atom stereocenters. The number of hydrogen-bond acceptors (Lipinski definition) is 3. The summed E-state index contributed by atoms with van der Waals surface area (Å²) in [4.78, 5) is 0. The summed E-state index contributed by atoms with van der Waals surface area (Å²) in [5, 5.41) is 8.29. The predicted molar refractivity (Wildman–Crippen MR) is 75.5 cm³/mol. The van der Waals surface area contributed by atoms with Gasteiger partial charge in [0, 0.05) is 11.0 Å². The minimum atomic E-state index is -1.52. The van der Waals surface area contributed by atoms with Crippen LogP contribution in [0.3, 0.4) is 0 Å². The third-order valence-electron chi connectivity index (χ3n) is 2.79. The molecule has 0 radical (unpaired) electrons. The summed E-state index contributed by atoms with van der Waals surface area (Å²) >= 11 is 0. The van der Waals surface area contributed by atoms with Crippen LogP contribution < -0.4 is 0 Å². The van der Waals surface area contributed by atoms with Crippen molar-refractivity contribution in [2.45, 2.75) is 52.6 Å². The van der Waals surface area contributed by atoms with Crippen molar-refractivity contribution in [3.63, 3.8) is 0 Å². The summed E-state index contributed by atoms with van der Waals surface area (Å²) in [6.45, 7) is 15.2. The lowest BCUT2D eigenvalue weighted by atomic mass is 9.88. The fraction of sp³-hybridized carbons (Fsp3) is 0.600. The molecule has 4 heteroatoms. The second kappa shape index (κ2) is 5.27. The number of aromatic nitrogens is 2. The SMILES string of the molecule is C=C(OCC)c1nnc(C(C)(C)C)cc1C(C)(C)F. The van der Waals surface area contributed by atoms with E-state index in [-0.39, 0.29) is 5.41 Å². The molecular weight excluding hydrogens is 243 g/mol. The first-order valence-electron chi connectivity index (χ1n) is 6.47. The maximum atomic E-state index is 14.4. The molecule has 3 nitrogen and oxygen atoms in total. The number of alkyl halides is 1. The Bertz CT molecular complexity index is 470. The number of halogens is 1. The summed E-state index contributed by atoms with van der Waals surface area (Å²) < 4.78 is 19.7. The fourth-order valence-electron chi connectivity index (χ4n) is 1.66. The van der Waals surface area contributed by atoms with Crippen molar-refractivity contribution >= 4 is 5.76 Å². The van der Waals surface area contributed by atoms with Crippen LogP contribution in [0.1, 0.15) is 58.5 Å². The molecule has 0 unspecified atom stereocenters. The highest BCUT2D eigenvalue weighted by molar-refractivity contribution is 5.58. The highest BCUT2D eigenvalue weighted by Crippen LogP contribution is 2.32. The Labute approximate surface area is 114 Å². The smallest absolute Gasteiger partial charge is 0.140 e. The molecule has 1 aromatic rings. The number of rotatable bonds is 4. The fourth-order valence-corrected chi connectivity index (χ4v) is 1.66.